The number of aryl methyl sites for hydroxylation is 2. The predicted octanol–water partition coefficient (Wildman–Crippen LogP) is 2.75. The first-order valence-electron chi connectivity index (χ1n) is 6.82. The highest BCUT2D eigenvalue weighted by atomic mass is 16.7. The van der Waals surface area contributed by atoms with Crippen molar-refractivity contribution in [3.63, 3.8) is 0 Å². The third-order valence-electron chi connectivity index (χ3n) is 3.59. The maximum absolute atomic E-state index is 12.2. The summed E-state index contributed by atoms with van der Waals surface area (Å²) in [7, 11) is 4.61. The summed E-state index contributed by atoms with van der Waals surface area (Å²) in [6.45, 7) is 4.07. The lowest BCUT2D eigenvalue weighted by Crippen LogP contribution is -2.25. The predicted molar refractivity (Wildman–Crippen MR) is 81.5 cm³/mol. The van der Waals surface area contributed by atoms with E-state index in [0.717, 1.165) is 28.6 Å². The molecular formula is C16H20N2O3. The highest BCUT2D eigenvalue weighted by Crippen LogP contribution is 2.28. The number of hydrogen-bond donors (Lipinski definition) is 0. The van der Waals surface area contributed by atoms with E-state index < -0.39 is 0 Å². The molecule has 0 N–H and O–H groups in total. The second-order valence-corrected chi connectivity index (χ2v) is 4.82. The van der Waals surface area contributed by atoms with Crippen LogP contribution in [0.4, 0.5) is 0 Å². The van der Waals surface area contributed by atoms with Crippen LogP contribution in [0.3, 0.4) is 0 Å². The molecule has 1 aromatic heterocycles. The van der Waals surface area contributed by atoms with Gasteiger partial charge < -0.3 is 4.74 Å². The van der Waals surface area contributed by atoms with Gasteiger partial charge in [-0.2, -0.15) is 0 Å². The van der Waals surface area contributed by atoms with Crippen LogP contribution in [0.2, 0.25) is 0 Å². The van der Waals surface area contributed by atoms with Crippen molar-refractivity contribution < 1.29 is 14.4 Å². The minimum atomic E-state index is -0.226. The smallest absolute Gasteiger partial charge is 0.277 e. The average Bonchev–Trinajstić information content (AvgIpc) is 2.51. The van der Waals surface area contributed by atoms with E-state index in [-0.39, 0.29) is 5.91 Å². The van der Waals surface area contributed by atoms with Crippen LogP contribution in [0.15, 0.2) is 18.2 Å². The summed E-state index contributed by atoms with van der Waals surface area (Å²) < 4.78 is 5.39. The summed E-state index contributed by atoms with van der Waals surface area (Å²) in [6, 6.07) is 5.57. The maximum atomic E-state index is 12.2. The van der Waals surface area contributed by atoms with Crippen molar-refractivity contribution in [1.82, 2.24) is 10.0 Å². The highest BCUT2D eigenvalue weighted by molar-refractivity contribution is 5.99. The molecule has 0 radical (unpaired) electrons. The Bertz CT molecular complexity index is 683. The summed E-state index contributed by atoms with van der Waals surface area (Å²) in [5.41, 5.74) is 3.42. The summed E-state index contributed by atoms with van der Waals surface area (Å²) in [5.74, 6) is 0.363. The van der Waals surface area contributed by atoms with Gasteiger partial charge in [0.2, 0.25) is 0 Å². The number of hydroxylamine groups is 2. The third kappa shape index (κ3) is 2.83. The van der Waals surface area contributed by atoms with Gasteiger partial charge in [-0.3, -0.25) is 9.63 Å². The molecule has 0 fully saturated rings. The number of fused-ring (bicyclic) bond motifs is 1. The van der Waals surface area contributed by atoms with E-state index in [1.165, 1.54) is 12.2 Å². The van der Waals surface area contributed by atoms with E-state index in [0.29, 0.717) is 11.3 Å². The first-order chi connectivity index (χ1) is 10.0. The number of nitrogens with zero attached hydrogens (tertiary/aromatic N) is 2. The number of aromatic nitrogens is 1. The number of carbonyl (C=O) groups excluding carboxylic acids is 1. The molecule has 5 heteroatoms. The van der Waals surface area contributed by atoms with Gasteiger partial charge in [0.15, 0.2) is 0 Å². The molecule has 2 aromatic rings. The van der Waals surface area contributed by atoms with E-state index in [2.05, 4.69) is 18.0 Å². The number of carbonyl (C=O) groups is 1. The molecule has 5 nitrogen and oxygen atoms in total. The lowest BCUT2D eigenvalue weighted by molar-refractivity contribution is -0.0756. The molecule has 0 aliphatic rings. The lowest BCUT2D eigenvalue weighted by Gasteiger charge is -2.15. The molecule has 0 atom stereocenters. The lowest BCUT2D eigenvalue weighted by atomic mass is 10.0. The van der Waals surface area contributed by atoms with Gasteiger partial charge in [-0.1, -0.05) is 6.92 Å². The Balaban J connectivity index is 2.66. The van der Waals surface area contributed by atoms with Crippen LogP contribution in [-0.2, 0) is 11.3 Å². The van der Waals surface area contributed by atoms with Crippen molar-refractivity contribution in [2.24, 2.45) is 0 Å². The van der Waals surface area contributed by atoms with Crippen molar-refractivity contribution in [3.05, 3.63) is 35.0 Å². The Kier molecular flexibility index (Phi) is 4.43. The van der Waals surface area contributed by atoms with Crippen LogP contribution in [0.1, 0.15) is 28.5 Å². The SMILES string of the molecule is CCc1cc2cc(C(=O)N(C)OC)cc(OC)c2nc1C. The van der Waals surface area contributed by atoms with Gasteiger partial charge in [0, 0.05) is 23.7 Å². The molecule has 112 valence electrons. The number of ether oxygens (including phenoxy) is 1. The van der Waals surface area contributed by atoms with E-state index in [1.54, 1.807) is 20.2 Å². The topological polar surface area (TPSA) is 51.7 Å². The zero-order valence-corrected chi connectivity index (χ0v) is 13.1. The van der Waals surface area contributed by atoms with Crippen molar-refractivity contribution in [1.29, 1.82) is 0 Å². The van der Waals surface area contributed by atoms with Crippen LogP contribution < -0.4 is 4.74 Å². The zero-order valence-electron chi connectivity index (χ0n) is 13.1. The molecule has 21 heavy (non-hydrogen) atoms. The van der Waals surface area contributed by atoms with E-state index in [9.17, 15) is 4.79 Å². The molecule has 0 aliphatic heterocycles. The van der Waals surface area contributed by atoms with Crippen LogP contribution >= 0.6 is 0 Å². The van der Waals surface area contributed by atoms with E-state index >= 15 is 0 Å². The highest BCUT2D eigenvalue weighted by Gasteiger charge is 2.16. The van der Waals surface area contributed by atoms with Gasteiger partial charge in [0.1, 0.15) is 11.3 Å². The largest absolute Gasteiger partial charge is 0.494 e. The maximum Gasteiger partial charge on any atom is 0.277 e. The number of hydrogen-bond acceptors (Lipinski definition) is 4. The van der Waals surface area contributed by atoms with E-state index in [4.69, 9.17) is 9.57 Å². The molecule has 0 saturated carbocycles. The minimum Gasteiger partial charge on any atom is -0.494 e. The fourth-order valence-corrected chi connectivity index (χ4v) is 2.29. The van der Waals surface area contributed by atoms with Gasteiger partial charge in [-0.15, -0.1) is 0 Å². The number of benzene rings is 1. The van der Waals surface area contributed by atoms with Gasteiger partial charge >= 0.3 is 0 Å². The zero-order chi connectivity index (χ0) is 15.6. The Morgan fingerprint density at radius 1 is 1.29 bits per heavy atom. The van der Waals surface area contributed by atoms with Crippen molar-refractivity contribution in [2.75, 3.05) is 21.3 Å². The number of methoxy groups -OCH3 is 1. The van der Waals surface area contributed by atoms with Crippen molar-refractivity contribution in [3.8, 4) is 5.75 Å². The molecule has 1 heterocycles. The van der Waals surface area contributed by atoms with Crippen molar-refractivity contribution >= 4 is 16.8 Å². The molecule has 0 bridgehead atoms. The minimum absolute atomic E-state index is 0.226. The molecular weight excluding hydrogens is 268 g/mol. The van der Waals surface area contributed by atoms with E-state index in [1.807, 2.05) is 13.0 Å². The normalized spacial score (nSPS) is 10.7. The summed E-state index contributed by atoms with van der Waals surface area (Å²) in [5, 5.41) is 2.08. The van der Waals surface area contributed by atoms with Crippen molar-refractivity contribution in [2.45, 2.75) is 20.3 Å². The summed E-state index contributed by atoms with van der Waals surface area (Å²) in [6.07, 6.45) is 0.896. The fraction of sp³-hybridized carbons (Fsp3) is 0.375. The number of amides is 1. The molecule has 1 amide bonds. The number of rotatable bonds is 4. The van der Waals surface area contributed by atoms with Crippen LogP contribution in [0.25, 0.3) is 10.9 Å². The average molecular weight is 288 g/mol. The fourth-order valence-electron chi connectivity index (χ4n) is 2.29. The number of pyridine rings is 1. The molecule has 1 aromatic carbocycles. The Morgan fingerprint density at radius 2 is 2.00 bits per heavy atom. The third-order valence-corrected chi connectivity index (χ3v) is 3.59. The summed E-state index contributed by atoms with van der Waals surface area (Å²) >= 11 is 0. The van der Waals surface area contributed by atoms with Gasteiger partial charge in [0.05, 0.1) is 14.2 Å². The second-order valence-electron chi connectivity index (χ2n) is 4.82. The Morgan fingerprint density at radius 3 is 2.57 bits per heavy atom. The standard InChI is InChI=1S/C16H20N2O3/c1-6-11-7-12-8-13(16(19)18(3)21-5)9-14(20-4)15(12)17-10(11)2/h7-9H,6H2,1-5H3. The molecule has 0 spiro atoms. The summed E-state index contributed by atoms with van der Waals surface area (Å²) in [4.78, 5) is 21.8. The van der Waals surface area contributed by atoms with Crippen LogP contribution in [0.5, 0.6) is 5.75 Å². The van der Waals surface area contributed by atoms with Crippen LogP contribution in [0, 0.1) is 6.92 Å². The van der Waals surface area contributed by atoms with Gasteiger partial charge in [-0.25, -0.2) is 10.0 Å². The molecule has 0 unspecified atom stereocenters. The second kappa shape index (κ2) is 6.10. The van der Waals surface area contributed by atoms with Gasteiger partial charge in [0.25, 0.3) is 5.91 Å². The molecule has 0 saturated heterocycles. The monoisotopic (exact) mass is 288 g/mol. The Labute approximate surface area is 124 Å². The Hall–Kier alpha value is -2.14. The van der Waals surface area contributed by atoms with Crippen LogP contribution in [-0.4, -0.2) is 37.2 Å². The molecule has 0 aliphatic carbocycles. The quantitative estimate of drug-likeness (QED) is 0.812. The first-order valence-corrected chi connectivity index (χ1v) is 6.82. The first kappa shape index (κ1) is 15.3. The molecule has 2 rings (SSSR count). The van der Waals surface area contributed by atoms with Gasteiger partial charge in [-0.05, 0) is 37.1 Å².